The number of ether oxygens (including phenoxy) is 1. The van der Waals surface area contributed by atoms with Crippen LogP contribution in [0, 0.1) is 12.8 Å². The normalized spacial score (nSPS) is 15.0. The van der Waals surface area contributed by atoms with Gasteiger partial charge in [-0.3, -0.25) is 0 Å². The molecule has 0 fully saturated rings. The molecule has 1 aromatic heterocycles. The molecule has 0 saturated carbocycles. The highest BCUT2D eigenvalue weighted by Crippen LogP contribution is 2.23. The smallest absolute Gasteiger partial charge is 0.157 e. The number of aromatic nitrogens is 2. The molecule has 0 aliphatic carbocycles. The monoisotopic (exact) mass is 237 g/mol. The molecule has 0 aromatic carbocycles. The highest BCUT2D eigenvalue weighted by molar-refractivity contribution is 5.20. The SMILES string of the molecule is CNC(C)c1cnc(C(OC)C(C)C)nc1C. The Morgan fingerprint density at radius 1 is 1.29 bits per heavy atom. The Balaban J connectivity index is 3.03. The summed E-state index contributed by atoms with van der Waals surface area (Å²) in [6, 6.07) is 0.268. The molecule has 0 saturated heterocycles. The first kappa shape index (κ1) is 14.1. The molecular formula is C13H23N3O. The third-order valence-corrected chi connectivity index (χ3v) is 3.05. The summed E-state index contributed by atoms with van der Waals surface area (Å²) < 4.78 is 5.44. The van der Waals surface area contributed by atoms with Crippen LogP contribution >= 0.6 is 0 Å². The van der Waals surface area contributed by atoms with E-state index in [0.717, 1.165) is 17.1 Å². The van der Waals surface area contributed by atoms with Crippen molar-refractivity contribution >= 4 is 0 Å². The summed E-state index contributed by atoms with van der Waals surface area (Å²) in [5, 5.41) is 3.20. The van der Waals surface area contributed by atoms with Crippen LogP contribution in [0.4, 0.5) is 0 Å². The Kier molecular flexibility index (Phi) is 5.02. The second kappa shape index (κ2) is 6.07. The highest BCUT2D eigenvalue weighted by Gasteiger charge is 2.19. The number of nitrogens with zero attached hydrogens (tertiary/aromatic N) is 2. The molecule has 0 spiro atoms. The van der Waals surface area contributed by atoms with Gasteiger partial charge in [0.2, 0.25) is 0 Å². The molecule has 4 nitrogen and oxygen atoms in total. The summed E-state index contributed by atoms with van der Waals surface area (Å²) in [5.41, 5.74) is 2.15. The molecule has 1 heterocycles. The van der Waals surface area contributed by atoms with Crippen molar-refractivity contribution in [2.75, 3.05) is 14.2 Å². The van der Waals surface area contributed by atoms with E-state index in [4.69, 9.17) is 4.74 Å². The molecule has 0 bridgehead atoms. The lowest BCUT2D eigenvalue weighted by atomic mass is 10.1. The molecule has 0 radical (unpaired) electrons. The predicted octanol–water partition coefficient (Wildman–Crippen LogP) is 2.41. The zero-order valence-corrected chi connectivity index (χ0v) is 11.6. The quantitative estimate of drug-likeness (QED) is 0.854. The third kappa shape index (κ3) is 3.23. The molecule has 1 aromatic rings. The lowest BCUT2D eigenvalue weighted by Gasteiger charge is -2.19. The van der Waals surface area contributed by atoms with E-state index in [1.807, 2.05) is 20.2 Å². The standard InChI is InChI=1S/C13H23N3O/c1-8(2)12(17-6)13-15-7-11(9(3)14-5)10(4)16-13/h7-9,12,14H,1-6H3. The predicted molar refractivity (Wildman–Crippen MR) is 68.8 cm³/mol. The highest BCUT2D eigenvalue weighted by atomic mass is 16.5. The Bertz CT molecular complexity index is 366. The van der Waals surface area contributed by atoms with Gasteiger partial charge in [-0.2, -0.15) is 0 Å². The summed E-state index contributed by atoms with van der Waals surface area (Å²) in [7, 11) is 3.64. The van der Waals surface area contributed by atoms with Crippen molar-refractivity contribution in [2.45, 2.75) is 39.8 Å². The van der Waals surface area contributed by atoms with Gasteiger partial charge in [-0.05, 0) is 26.8 Å². The van der Waals surface area contributed by atoms with Gasteiger partial charge in [0.15, 0.2) is 5.82 Å². The van der Waals surface area contributed by atoms with Crippen LogP contribution in [0.5, 0.6) is 0 Å². The van der Waals surface area contributed by atoms with Gasteiger partial charge in [-0.15, -0.1) is 0 Å². The number of rotatable bonds is 5. The van der Waals surface area contributed by atoms with Crippen molar-refractivity contribution < 1.29 is 4.74 Å². The first-order chi connectivity index (χ1) is 8.01. The molecule has 1 rings (SSSR count). The molecular weight excluding hydrogens is 214 g/mol. The lowest BCUT2D eigenvalue weighted by molar-refractivity contribution is 0.0572. The number of hydrogen-bond acceptors (Lipinski definition) is 4. The number of aryl methyl sites for hydroxylation is 1. The van der Waals surface area contributed by atoms with E-state index >= 15 is 0 Å². The Hall–Kier alpha value is -1.00. The van der Waals surface area contributed by atoms with Gasteiger partial charge in [-0.25, -0.2) is 9.97 Å². The molecule has 0 amide bonds. The van der Waals surface area contributed by atoms with Crippen molar-refractivity contribution in [3.63, 3.8) is 0 Å². The summed E-state index contributed by atoms with van der Waals surface area (Å²) in [4.78, 5) is 8.98. The first-order valence-electron chi connectivity index (χ1n) is 6.04. The van der Waals surface area contributed by atoms with Gasteiger partial charge in [-0.1, -0.05) is 13.8 Å². The van der Waals surface area contributed by atoms with Crippen LogP contribution in [-0.4, -0.2) is 24.1 Å². The van der Waals surface area contributed by atoms with Gasteiger partial charge < -0.3 is 10.1 Å². The van der Waals surface area contributed by atoms with Gasteiger partial charge >= 0.3 is 0 Å². The Labute approximate surface area is 104 Å². The molecule has 2 unspecified atom stereocenters. The lowest BCUT2D eigenvalue weighted by Crippen LogP contribution is -2.18. The van der Waals surface area contributed by atoms with Gasteiger partial charge in [0.25, 0.3) is 0 Å². The second-order valence-electron chi connectivity index (χ2n) is 4.68. The maximum absolute atomic E-state index is 5.44. The zero-order chi connectivity index (χ0) is 13.0. The van der Waals surface area contributed by atoms with Crippen LogP contribution in [0.15, 0.2) is 6.20 Å². The summed E-state index contributed by atoms with van der Waals surface area (Å²) >= 11 is 0. The molecule has 96 valence electrons. The van der Waals surface area contributed by atoms with Gasteiger partial charge in [0, 0.05) is 30.6 Å². The van der Waals surface area contributed by atoms with Crippen molar-refractivity contribution in [1.82, 2.24) is 15.3 Å². The van der Waals surface area contributed by atoms with Crippen LogP contribution in [0.3, 0.4) is 0 Å². The minimum Gasteiger partial charge on any atom is -0.373 e. The number of methoxy groups -OCH3 is 1. The van der Waals surface area contributed by atoms with Crippen LogP contribution in [0.1, 0.15) is 50.0 Å². The topological polar surface area (TPSA) is 47.0 Å². The fourth-order valence-electron chi connectivity index (χ4n) is 1.89. The van der Waals surface area contributed by atoms with Crippen LogP contribution in [-0.2, 0) is 4.74 Å². The Morgan fingerprint density at radius 2 is 1.94 bits per heavy atom. The van der Waals surface area contributed by atoms with E-state index in [9.17, 15) is 0 Å². The third-order valence-electron chi connectivity index (χ3n) is 3.05. The Morgan fingerprint density at radius 3 is 2.35 bits per heavy atom. The van der Waals surface area contributed by atoms with Gasteiger partial charge in [0.05, 0.1) is 0 Å². The zero-order valence-electron chi connectivity index (χ0n) is 11.6. The summed E-state index contributed by atoms with van der Waals surface area (Å²) in [6.45, 7) is 8.33. The fraction of sp³-hybridized carbons (Fsp3) is 0.692. The molecule has 4 heteroatoms. The van der Waals surface area contributed by atoms with Crippen molar-refractivity contribution in [3.8, 4) is 0 Å². The molecule has 17 heavy (non-hydrogen) atoms. The average molecular weight is 237 g/mol. The fourth-order valence-corrected chi connectivity index (χ4v) is 1.89. The van der Waals surface area contributed by atoms with Crippen LogP contribution in [0.25, 0.3) is 0 Å². The average Bonchev–Trinajstić information content (AvgIpc) is 2.28. The van der Waals surface area contributed by atoms with Crippen LogP contribution < -0.4 is 5.32 Å². The molecule has 0 aliphatic heterocycles. The van der Waals surface area contributed by atoms with E-state index in [0.29, 0.717) is 5.92 Å². The van der Waals surface area contributed by atoms with Crippen molar-refractivity contribution in [2.24, 2.45) is 5.92 Å². The first-order valence-corrected chi connectivity index (χ1v) is 6.04. The number of hydrogen-bond donors (Lipinski definition) is 1. The second-order valence-corrected chi connectivity index (χ2v) is 4.68. The summed E-state index contributed by atoms with van der Waals surface area (Å²) in [5.74, 6) is 1.14. The summed E-state index contributed by atoms with van der Waals surface area (Å²) in [6.07, 6.45) is 1.86. The largest absolute Gasteiger partial charge is 0.373 e. The minimum absolute atomic E-state index is 0.0346. The van der Waals surface area contributed by atoms with Crippen molar-refractivity contribution in [1.29, 1.82) is 0 Å². The van der Waals surface area contributed by atoms with E-state index < -0.39 is 0 Å². The minimum atomic E-state index is -0.0346. The maximum Gasteiger partial charge on any atom is 0.157 e. The molecule has 1 N–H and O–H groups in total. The maximum atomic E-state index is 5.44. The van der Waals surface area contributed by atoms with Crippen LogP contribution in [0.2, 0.25) is 0 Å². The molecule has 0 aliphatic rings. The van der Waals surface area contributed by atoms with E-state index in [2.05, 4.69) is 36.1 Å². The van der Waals surface area contributed by atoms with Crippen molar-refractivity contribution in [3.05, 3.63) is 23.3 Å². The van der Waals surface area contributed by atoms with E-state index in [1.165, 1.54) is 0 Å². The molecule has 2 atom stereocenters. The van der Waals surface area contributed by atoms with E-state index in [1.54, 1.807) is 7.11 Å². The number of nitrogens with one attached hydrogen (secondary N) is 1. The van der Waals surface area contributed by atoms with Gasteiger partial charge in [0.1, 0.15) is 6.10 Å². The van der Waals surface area contributed by atoms with E-state index in [-0.39, 0.29) is 12.1 Å².